The fourth-order valence-corrected chi connectivity index (χ4v) is 5.01. The van der Waals surface area contributed by atoms with Crippen molar-refractivity contribution in [1.29, 1.82) is 0 Å². The van der Waals surface area contributed by atoms with Gasteiger partial charge in [0.25, 0.3) is 17.7 Å². The Morgan fingerprint density at radius 3 is 2.32 bits per heavy atom. The summed E-state index contributed by atoms with van der Waals surface area (Å²) in [5.41, 5.74) is 2.01. The van der Waals surface area contributed by atoms with Gasteiger partial charge >= 0.3 is 11.9 Å². The molecule has 0 aliphatic carbocycles. The summed E-state index contributed by atoms with van der Waals surface area (Å²) in [7, 11) is 0. The molecular formula is C28H26N2O7S. The zero-order chi connectivity index (χ0) is 27.4. The Balaban J connectivity index is 1.45. The fraction of sp³-hybridized carbons (Fsp3) is 0.250. The van der Waals surface area contributed by atoms with Gasteiger partial charge in [-0.25, -0.2) is 9.59 Å². The third-order valence-electron chi connectivity index (χ3n) is 6.13. The van der Waals surface area contributed by atoms with Gasteiger partial charge in [0.2, 0.25) is 0 Å². The minimum Gasteiger partial charge on any atom is -0.462 e. The van der Waals surface area contributed by atoms with Crippen molar-refractivity contribution in [1.82, 2.24) is 4.90 Å². The zero-order valence-electron chi connectivity index (χ0n) is 21.1. The van der Waals surface area contributed by atoms with Gasteiger partial charge in [0.15, 0.2) is 6.61 Å². The highest BCUT2D eigenvalue weighted by molar-refractivity contribution is 7.15. The van der Waals surface area contributed by atoms with Gasteiger partial charge in [0, 0.05) is 17.0 Å². The van der Waals surface area contributed by atoms with Crippen molar-refractivity contribution in [3.05, 3.63) is 76.2 Å². The lowest BCUT2D eigenvalue weighted by Gasteiger charge is -2.20. The lowest BCUT2D eigenvalue weighted by molar-refractivity contribution is -0.119. The Kier molecular flexibility index (Phi) is 8.02. The molecule has 3 aromatic rings. The van der Waals surface area contributed by atoms with Crippen molar-refractivity contribution < 1.29 is 33.4 Å². The molecule has 0 fully saturated rings. The number of carbonyl (C=O) groups excluding carboxylic acids is 5. The summed E-state index contributed by atoms with van der Waals surface area (Å²) >= 11 is 1.15. The molecule has 1 aromatic heterocycles. The first-order valence-electron chi connectivity index (χ1n) is 12.1. The van der Waals surface area contributed by atoms with Crippen molar-refractivity contribution in [3.63, 3.8) is 0 Å². The lowest BCUT2D eigenvalue weighted by Crippen LogP contribution is -2.37. The maximum atomic E-state index is 12.7. The fourth-order valence-electron chi connectivity index (χ4n) is 4.03. The van der Waals surface area contributed by atoms with E-state index in [0.717, 1.165) is 16.9 Å². The number of fused-ring (bicyclic) bond motifs is 1. The number of imide groups is 1. The highest BCUT2D eigenvalue weighted by Gasteiger charge is 2.38. The van der Waals surface area contributed by atoms with Gasteiger partial charge < -0.3 is 14.8 Å². The number of benzene rings is 2. The van der Waals surface area contributed by atoms with Crippen LogP contribution in [0.4, 0.5) is 5.00 Å². The van der Waals surface area contributed by atoms with Crippen LogP contribution >= 0.6 is 11.3 Å². The SMILES string of the molecule is CCOC(=O)c1c(-c2ccccc2)csc1NC(=O)COC(=O)c1ccc2c(c1)C(=O)N(C(C)CC)C2=O. The maximum absolute atomic E-state index is 12.7. The molecule has 0 radical (unpaired) electrons. The van der Waals surface area contributed by atoms with Gasteiger partial charge in [-0.1, -0.05) is 37.3 Å². The molecule has 4 rings (SSSR count). The first kappa shape index (κ1) is 26.7. The number of esters is 2. The van der Waals surface area contributed by atoms with E-state index in [1.54, 1.807) is 19.2 Å². The van der Waals surface area contributed by atoms with Gasteiger partial charge in [-0.15, -0.1) is 11.3 Å². The number of nitrogens with zero attached hydrogens (tertiary/aromatic N) is 1. The summed E-state index contributed by atoms with van der Waals surface area (Å²) in [5.74, 6) is -2.93. The standard InChI is InChI=1S/C28H26N2O7S/c1-4-16(3)30-25(32)19-12-11-18(13-20(19)26(30)33)27(34)37-14-22(31)29-24-23(28(35)36-5-2)21(15-38-24)17-9-7-6-8-10-17/h6-13,15-16H,4-5,14H2,1-3H3,(H,29,31). The number of nitrogens with one attached hydrogen (secondary N) is 1. The van der Waals surface area contributed by atoms with Gasteiger partial charge in [-0.3, -0.25) is 19.3 Å². The first-order valence-corrected chi connectivity index (χ1v) is 13.0. The third kappa shape index (κ3) is 5.21. The predicted molar refractivity (Wildman–Crippen MR) is 141 cm³/mol. The Bertz CT molecular complexity index is 1410. The minimum atomic E-state index is -0.827. The van der Waals surface area contributed by atoms with Crippen LogP contribution in [0, 0.1) is 0 Å². The van der Waals surface area contributed by atoms with E-state index in [1.165, 1.54) is 23.1 Å². The molecule has 2 heterocycles. The van der Waals surface area contributed by atoms with Crippen molar-refractivity contribution in [2.75, 3.05) is 18.5 Å². The predicted octanol–water partition coefficient (Wildman–Crippen LogP) is 4.78. The largest absolute Gasteiger partial charge is 0.462 e. The molecule has 1 N–H and O–H groups in total. The molecule has 3 amide bonds. The average Bonchev–Trinajstić information content (AvgIpc) is 3.45. The summed E-state index contributed by atoms with van der Waals surface area (Å²) in [5, 5.41) is 4.64. The Labute approximate surface area is 223 Å². The number of ether oxygens (including phenoxy) is 2. The highest BCUT2D eigenvalue weighted by Crippen LogP contribution is 2.36. The van der Waals surface area contributed by atoms with Crippen LogP contribution < -0.4 is 5.32 Å². The molecule has 2 aromatic carbocycles. The number of hydrogen-bond acceptors (Lipinski definition) is 8. The maximum Gasteiger partial charge on any atom is 0.341 e. The van der Waals surface area contributed by atoms with Crippen LogP contribution in [-0.2, 0) is 14.3 Å². The zero-order valence-corrected chi connectivity index (χ0v) is 21.9. The van der Waals surface area contributed by atoms with E-state index >= 15 is 0 Å². The number of hydrogen-bond donors (Lipinski definition) is 1. The average molecular weight is 535 g/mol. The summed E-state index contributed by atoms with van der Waals surface area (Å²) in [6.07, 6.45) is 0.602. The van der Waals surface area contributed by atoms with Gasteiger partial charge in [0.1, 0.15) is 10.6 Å². The Morgan fingerprint density at radius 1 is 0.921 bits per heavy atom. The third-order valence-corrected chi connectivity index (χ3v) is 7.02. The van der Waals surface area contributed by atoms with Crippen LogP contribution in [-0.4, -0.2) is 53.8 Å². The van der Waals surface area contributed by atoms with E-state index in [-0.39, 0.29) is 39.9 Å². The van der Waals surface area contributed by atoms with E-state index in [0.29, 0.717) is 12.0 Å². The van der Waals surface area contributed by atoms with E-state index < -0.39 is 36.3 Å². The molecule has 10 heteroatoms. The summed E-state index contributed by atoms with van der Waals surface area (Å²) < 4.78 is 10.3. The molecule has 1 aliphatic rings. The Morgan fingerprint density at radius 2 is 1.63 bits per heavy atom. The number of carbonyl (C=O) groups is 5. The van der Waals surface area contributed by atoms with E-state index in [1.807, 2.05) is 37.3 Å². The summed E-state index contributed by atoms with van der Waals surface area (Å²) in [6.45, 7) is 4.88. The van der Waals surface area contributed by atoms with E-state index in [4.69, 9.17) is 9.47 Å². The number of anilines is 1. The molecule has 0 spiro atoms. The molecular weight excluding hydrogens is 508 g/mol. The normalized spacial score (nSPS) is 13.2. The van der Waals surface area contributed by atoms with Crippen LogP contribution in [0.5, 0.6) is 0 Å². The van der Waals surface area contributed by atoms with Crippen molar-refractivity contribution >= 4 is 46.0 Å². The van der Waals surface area contributed by atoms with Crippen molar-refractivity contribution in [2.24, 2.45) is 0 Å². The van der Waals surface area contributed by atoms with Crippen LogP contribution in [0.3, 0.4) is 0 Å². The first-order chi connectivity index (χ1) is 18.3. The second kappa shape index (κ2) is 11.4. The highest BCUT2D eigenvalue weighted by atomic mass is 32.1. The van der Waals surface area contributed by atoms with Crippen LogP contribution in [0.2, 0.25) is 0 Å². The molecule has 1 unspecified atom stereocenters. The smallest absolute Gasteiger partial charge is 0.341 e. The number of thiophene rings is 1. The molecule has 1 atom stereocenters. The number of amides is 3. The molecule has 0 saturated heterocycles. The topological polar surface area (TPSA) is 119 Å². The minimum absolute atomic E-state index is 0.0402. The van der Waals surface area contributed by atoms with Gasteiger partial charge in [-0.05, 0) is 44.0 Å². The van der Waals surface area contributed by atoms with Crippen LogP contribution in [0.15, 0.2) is 53.9 Å². The van der Waals surface area contributed by atoms with Crippen molar-refractivity contribution in [3.8, 4) is 11.1 Å². The number of rotatable bonds is 9. The second-order valence-corrected chi connectivity index (χ2v) is 9.44. The van der Waals surface area contributed by atoms with Crippen molar-refractivity contribution in [2.45, 2.75) is 33.2 Å². The van der Waals surface area contributed by atoms with Gasteiger partial charge in [-0.2, -0.15) is 0 Å². The summed E-state index contributed by atoms with van der Waals surface area (Å²) in [4.78, 5) is 64.4. The van der Waals surface area contributed by atoms with E-state index in [2.05, 4.69) is 5.32 Å². The van der Waals surface area contributed by atoms with Crippen LogP contribution in [0.1, 0.15) is 68.6 Å². The molecule has 0 saturated carbocycles. The van der Waals surface area contributed by atoms with Gasteiger partial charge in [0.05, 0.1) is 23.3 Å². The van der Waals surface area contributed by atoms with Crippen LogP contribution in [0.25, 0.3) is 11.1 Å². The lowest BCUT2D eigenvalue weighted by atomic mass is 10.0. The molecule has 38 heavy (non-hydrogen) atoms. The Hall–Kier alpha value is -4.31. The quantitative estimate of drug-likeness (QED) is 0.310. The van der Waals surface area contributed by atoms with E-state index in [9.17, 15) is 24.0 Å². The second-order valence-electron chi connectivity index (χ2n) is 8.56. The summed E-state index contributed by atoms with van der Waals surface area (Å²) in [6, 6.07) is 13.0. The molecule has 0 bridgehead atoms. The monoisotopic (exact) mass is 534 g/mol. The molecule has 1 aliphatic heterocycles. The molecule has 196 valence electrons. The molecule has 9 nitrogen and oxygen atoms in total.